The first kappa shape index (κ1) is 18.9. The Labute approximate surface area is 162 Å². The highest BCUT2D eigenvalue weighted by Crippen LogP contribution is 2.13. The molecule has 0 aliphatic rings. The van der Waals surface area contributed by atoms with Gasteiger partial charge in [0.25, 0.3) is 5.91 Å². The number of amides is 1. The van der Waals surface area contributed by atoms with E-state index in [4.69, 9.17) is 10.5 Å². The number of hydrogen-bond acceptors (Lipinski definition) is 5. The fourth-order valence-corrected chi connectivity index (χ4v) is 2.53. The molecule has 1 aromatic heterocycles. The van der Waals surface area contributed by atoms with Crippen LogP contribution in [0.3, 0.4) is 0 Å². The first-order valence-electron chi connectivity index (χ1n) is 8.58. The number of hydrogen-bond donors (Lipinski definition) is 2. The lowest BCUT2D eigenvalue weighted by atomic mass is 10.1. The average molecular weight is 376 g/mol. The number of anilines is 1. The fraction of sp³-hybridized carbons (Fsp3) is 0.0952. The van der Waals surface area contributed by atoms with Gasteiger partial charge in [0.05, 0.1) is 25.5 Å². The van der Waals surface area contributed by atoms with Gasteiger partial charge in [-0.2, -0.15) is 5.10 Å². The number of nitrogens with two attached hydrogens (primary N) is 1. The Morgan fingerprint density at radius 1 is 1.14 bits per heavy atom. The third-order valence-corrected chi connectivity index (χ3v) is 4.00. The van der Waals surface area contributed by atoms with Crippen LogP contribution < -0.4 is 15.8 Å². The molecule has 0 aliphatic heterocycles. The molecule has 2 aromatic carbocycles. The molecule has 0 spiro atoms. The first-order chi connectivity index (χ1) is 13.5. The van der Waals surface area contributed by atoms with Gasteiger partial charge in [-0.05, 0) is 17.7 Å². The second-order valence-corrected chi connectivity index (χ2v) is 6.06. The van der Waals surface area contributed by atoms with Gasteiger partial charge in [0.15, 0.2) is 5.78 Å². The van der Waals surface area contributed by atoms with Crippen LogP contribution in [0.2, 0.25) is 0 Å². The third-order valence-electron chi connectivity index (χ3n) is 4.00. The first-order valence-corrected chi connectivity index (χ1v) is 8.58. The summed E-state index contributed by atoms with van der Waals surface area (Å²) in [6.07, 6.45) is 4.33. The van der Waals surface area contributed by atoms with Crippen molar-refractivity contribution in [1.29, 1.82) is 0 Å². The summed E-state index contributed by atoms with van der Waals surface area (Å²) in [6, 6.07) is 16.2. The molecule has 3 rings (SSSR count). The Morgan fingerprint density at radius 2 is 1.86 bits per heavy atom. The molecular formula is C21H20N4O3. The number of carbonyl (C=O) groups excluding carboxylic acids is 2. The summed E-state index contributed by atoms with van der Waals surface area (Å²) < 4.78 is 6.82. The van der Waals surface area contributed by atoms with Crippen LogP contribution in [-0.2, 0) is 11.3 Å². The largest absolute Gasteiger partial charge is 0.497 e. The van der Waals surface area contributed by atoms with E-state index in [0.29, 0.717) is 17.8 Å². The minimum absolute atomic E-state index is 0.170. The third kappa shape index (κ3) is 4.85. The molecule has 0 radical (unpaired) electrons. The summed E-state index contributed by atoms with van der Waals surface area (Å²) >= 11 is 0. The highest BCUT2D eigenvalue weighted by molar-refractivity contribution is 6.12. The zero-order chi connectivity index (χ0) is 19.9. The van der Waals surface area contributed by atoms with Crippen molar-refractivity contribution < 1.29 is 14.3 Å². The summed E-state index contributed by atoms with van der Waals surface area (Å²) in [4.78, 5) is 24.3. The normalized spacial score (nSPS) is 11.1. The Balaban J connectivity index is 1.61. The number of aromatic nitrogens is 2. The summed E-state index contributed by atoms with van der Waals surface area (Å²) in [5, 5.41) is 6.85. The molecule has 0 saturated carbocycles. The number of allylic oxidation sites excluding steroid dienone is 1. The van der Waals surface area contributed by atoms with Crippen LogP contribution in [0.5, 0.6) is 5.75 Å². The van der Waals surface area contributed by atoms with E-state index in [9.17, 15) is 9.59 Å². The molecule has 0 fully saturated rings. The number of carbonyl (C=O) groups is 2. The Bertz CT molecular complexity index is 992. The molecule has 28 heavy (non-hydrogen) atoms. The smallest absolute Gasteiger partial charge is 0.271 e. The Hall–Kier alpha value is -3.87. The Kier molecular flexibility index (Phi) is 5.86. The minimum atomic E-state index is -0.562. The molecule has 7 heteroatoms. The maximum absolute atomic E-state index is 12.2. The SMILES string of the molecule is COc1ccc(Cn2cc(NC(=O)C(N)=CC(=O)c3ccccc3)cn2)cc1. The number of nitrogens with one attached hydrogen (secondary N) is 1. The molecule has 0 atom stereocenters. The van der Waals surface area contributed by atoms with Crippen molar-refractivity contribution in [3.05, 3.63) is 89.9 Å². The monoisotopic (exact) mass is 376 g/mol. The topological polar surface area (TPSA) is 99.2 Å². The zero-order valence-electron chi connectivity index (χ0n) is 15.3. The molecule has 0 unspecified atom stereocenters. The quantitative estimate of drug-likeness (QED) is 0.488. The minimum Gasteiger partial charge on any atom is -0.497 e. The predicted octanol–water partition coefficient (Wildman–Crippen LogP) is 2.60. The Morgan fingerprint density at radius 3 is 2.54 bits per heavy atom. The molecular weight excluding hydrogens is 356 g/mol. The molecule has 142 valence electrons. The van der Waals surface area contributed by atoms with E-state index in [-0.39, 0.29) is 11.5 Å². The molecule has 3 aromatic rings. The summed E-state index contributed by atoms with van der Waals surface area (Å²) in [7, 11) is 1.62. The molecule has 1 amide bonds. The van der Waals surface area contributed by atoms with E-state index < -0.39 is 5.91 Å². The number of rotatable bonds is 7. The standard InChI is InChI=1S/C21H20N4O3/c1-28-18-9-7-15(8-10-18)13-25-14-17(12-23-25)24-21(27)19(22)11-20(26)16-5-3-2-4-6-16/h2-12,14H,13,22H2,1H3,(H,24,27). The van der Waals surface area contributed by atoms with Crippen LogP contribution in [0.15, 0.2) is 78.8 Å². The molecule has 3 N–H and O–H groups in total. The molecule has 7 nitrogen and oxygen atoms in total. The van der Waals surface area contributed by atoms with Gasteiger partial charge in [0.1, 0.15) is 11.4 Å². The second kappa shape index (κ2) is 8.68. The van der Waals surface area contributed by atoms with Gasteiger partial charge in [-0.25, -0.2) is 0 Å². The number of ketones is 1. The van der Waals surface area contributed by atoms with Gasteiger partial charge in [-0.1, -0.05) is 42.5 Å². The van der Waals surface area contributed by atoms with Gasteiger partial charge >= 0.3 is 0 Å². The summed E-state index contributed by atoms with van der Waals surface area (Å²) in [5.74, 6) is -0.110. The van der Waals surface area contributed by atoms with Crippen LogP contribution in [0.4, 0.5) is 5.69 Å². The maximum atomic E-state index is 12.2. The van der Waals surface area contributed by atoms with Crippen LogP contribution in [0.25, 0.3) is 0 Å². The molecule has 1 heterocycles. The van der Waals surface area contributed by atoms with Crippen molar-refractivity contribution in [2.75, 3.05) is 12.4 Å². The van der Waals surface area contributed by atoms with Crippen LogP contribution in [0.1, 0.15) is 15.9 Å². The summed E-state index contributed by atoms with van der Waals surface area (Å²) in [6.45, 7) is 0.539. The van der Waals surface area contributed by atoms with Crippen molar-refractivity contribution in [1.82, 2.24) is 9.78 Å². The van der Waals surface area contributed by atoms with Gasteiger partial charge in [0, 0.05) is 17.8 Å². The van der Waals surface area contributed by atoms with Gasteiger partial charge in [0.2, 0.25) is 0 Å². The number of nitrogens with zero attached hydrogens (tertiary/aromatic N) is 2. The zero-order valence-corrected chi connectivity index (χ0v) is 15.3. The van der Waals surface area contributed by atoms with E-state index in [0.717, 1.165) is 17.4 Å². The van der Waals surface area contributed by atoms with Gasteiger partial charge < -0.3 is 15.8 Å². The second-order valence-electron chi connectivity index (χ2n) is 6.06. The number of benzene rings is 2. The van der Waals surface area contributed by atoms with Crippen molar-refractivity contribution in [3.63, 3.8) is 0 Å². The summed E-state index contributed by atoms with van der Waals surface area (Å²) in [5.41, 5.74) is 7.57. The number of methoxy groups -OCH3 is 1. The van der Waals surface area contributed by atoms with Gasteiger partial charge in [-0.3, -0.25) is 14.3 Å². The lowest BCUT2D eigenvalue weighted by Crippen LogP contribution is -2.21. The molecule has 0 saturated heterocycles. The van der Waals surface area contributed by atoms with E-state index in [2.05, 4.69) is 10.4 Å². The van der Waals surface area contributed by atoms with E-state index in [1.807, 2.05) is 24.3 Å². The maximum Gasteiger partial charge on any atom is 0.271 e. The van der Waals surface area contributed by atoms with Crippen molar-refractivity contribution in [3.8, 4) is 5.75 Å². The van der Waals surface area contributed by atoms with E-state index in [1.165, 1.54) is 6.20 Å². The highest BCUT2D eigenvalue weighted by atomic mass is 16.5. The highest BCUT2D eigenvalue weighted by Gasteiger charge is 2.11. The fourth-order valence-electron chi connectivity index (χ4n) is 2.53. The van der Waals surface area contributed by atoms with Crippen molar-refractivity contribution >= 4 is 17.4 Å². The average Bonchev–Trinajstić information content (AvgIpc) is 3.15. The molecule has 0 bridgehead atoms. The van der Waals surface area contributed by atoms with E-state index >= 15 is 0 Å². The molecule has 0 aliphatic carbocycles. The van der Waals surface area contributed by atoms with Crippen LogP contribution in [-0.4, -0.2) is 28.6 Å². The van der Waals surface area contributed by atoms with E-state index in [1.54, 1.807) is 48.3 Å². The van der Waals surface area contributed by atoms with Gasteiger partial charge in [-0.15, -0.1) is 0 Å². The number of ether oxygens (including phenoxy) is 1. The van der Waals surface area contributed by atoms with Crippen molar-refractivity contribution in [2.45, 2.75) is 6.54 Å². The predicted molar refractivity (Wildman–Crippen MR) is 106 cm³/mol. The lowest BCUT2D eigenvalue weighted by molar-refractivity contribution is -0.112. The van der Waals surface area contributed by atoms with Crippen molar-refractivity contribution in [2.24, 2.45) is 5.73 Å². The van der Waals surface area contributed by atoms with Crippen LogP contribution in [0, 0.1) is 0 Å². The lowest BCUT2D eigenvalue weighted by Gasteiger charge is -2.04. The van der Waals surface area contributed by atoms with Crippen LogP contribution >= 0.6 is 0 Å².